The molecule has 2 rings (SSSR count). The lowest BCUT2D eigenvalue weighted by molar-refractivity contribution is -0.161. The van der Waals surface area contributed by atoms with Crippen LogP contribution in [0.2, 0.25) is 0 Å². The molecule has 11 amide bonds. The summed E-state index contributed by atoms with van der Waals surface area (Å²) in [5.41, 5.74) is 0. The second kappa shape index (κ2) is 35.1. The molecule has 25 heteroatoms. The Balaban J connectivity index is 3.17. The lowest BCUT2D eigenvalue weighted by atomic mass is 9.91. The van der Waals surface area contributed by atoms with E-state index in [1.54, 1.807) is 67.5 Å². The van der Waals surface area contributed by atoms with Gasteiger partial charge >= 0.3 is 0 Å². The SMILES string of the molecule is C/C=C/C[C@@H](C)[C@@H](O)[C@@H]1C(=O)N[C@@H](CC)C(=O)N(C)CC(=O)N(C)[C@@H]([C@@H](C)OC/C=C/CO)C(=O)N[C@@H](C(C)C)C(=O)N(C)[C@@H](CC(C)C)C(=O)N[C@@H](C)C(=O)N2C(C)C[C@@H](C(=O)N(C)[C@@H](C(C)C)C(=O)N1C)N(C)C(=O)[C@H](CC(C)C)N(C)C(=O)[C@H]2C. The van der Waals surface area contributed by atoms with Gasteiger partial charge in [-0.1, -0.05) is 93.5 Å². The van der Waals surface area contributed by atoms with Crippen LogP contribution in [0.1, 0.15) is 136 Å². The summed E-state index contributed by atoms with van der Waals surface area (Å²) in [6, 6.07) is -14.5. The number of carbonyl (C=O) groups excluding carboxylic acids is 11. The van der Waals surface area contributed by atoms with Crippen LogP contribution in [0, 0.1) is 29.6 Å². The maximum absolute atomic E-state index is 15.5. The maximum Gasteiger partial charge on any atom is 0.246 e. The van der Waals surface area contributed by atoms with Gasteiger partial charge in [-0.15, -0.1) is 0 Å². The standard InChI is InChI=1S/C63H109N11O14/c1-23-25-28-39(11)53(77)52-56(80)65-44(24-2)59(83)67(16)34-48(76)71(20)51(43(15)88-30-27-26-29-75)55(79)66-49(37(7)8)62(86)68(17)45(31-35(3)4)54(78)64-41(13)57(81)74-40(12)33-47(61(85)72(21)50(38(9)10)63(87)73(52)22)70(19)60(84)46(32-36(5)6)69(18)58(82)42(74)14/h23,25-27,35-47,49-53,75,77H,24,28-34H2,1-22H3,(H,64,78)(H,65,80)(H,66,79)/b25-23+,27-26+/t39-,40?,41+,42-,43-,44+,45+,46+,47+,49+,50+,51+,52-,53-/m1/s1. The van der Waals surface area contributed by atoms with Gasteiger partial charge in [0.25, 0.3) is 0 Å². The minimum Gasteiger partial charge on any atom is -0.392 e. The van der Waals surface area contributed by atoms with Gasteiger partial charge in [0.2, 0.25) is 65.0 Å². The van der Waals surface area contributed by atoms with Crippen molar-refractivity contribution in [3.8, 4) is 0 Å². The summed E-state index contributed by atoms with van der Waals surface area (Å²) < 4.78 is 5.99. The second-order valence-corrected chi connectivity index (χ2v) is 25.7. The van der Waals surface area contributed by atoms with Crippen molar-refractivity contribution in [2.24, 2.45) is 29.6 Å². The van der Waals surface area contributed by atoms with E-state index in [9.17, 15) is 48.6 Å². The Bertz CT molecular complexity index is 2490. The van der Waals surface area contributed by atoms with Gasteiger partial charge < -0.3 is 70.1 Å². The van der Waals surface area contributed by atoms with Crippen LogP contribution < -0.4 is 16.0 Å². The Labute approximate surface area is 523 Å². The van der Waals surface area contributed by atoms with E-state index in [0.717, 1.165) is 14.7 Å². The Kier molecular flexibility index (Phi) is 30.9. The van der Waals surface area contributed by atoms with E-state index in [4.69, 9.17) is 4.74 Å². The second-order valence-electron chi connectivity index (χ2n) is 25.7. The van der Waals surface area contributed by atoms with Gasteiger partial charge in [-0.2, -0.15) is 0 Å². The Morgan fingerprint density at radius 3 is 1.64 bits per heavy atom. The predicted molar refractivity (Wildman–Crippen MR) is 334 cm³/mol. The first kappa shape index (κ1) is 77.6. The van der Waals surface area contributed by atoms with E-state index in [-0.39, 0.29) is 57.2 Å². The summed E-state index contributed by atoms with van der Waals surface area (Å²) in [6.45, 7) is 24.3. The van der Waals surface area contributed by atoms with Crippen LogP contribution in [-0.2, 0) is 57.5 Å². The van der Waals surface area contributed by atoms with Gasteiger partial charge in [0.1, 0.15) is 60.4 Å². The third kappa shape index (κ3) is 19.8. The van der Waals surface area contributed by atoms with E-state index in [0.29, 0.717) is 0 Å². The molecule has 0 aromatic rings. The zero-order chi connectivity index (χ0) is 67.7. The number of hydrogen-bond donors (Lipinski definition) is 5. The number of aliphatic hydroxyl groups excluding tert-OH is 2. The number of fused-ring (bicyclic) bond motifs is 3. The number of rotatable bonds is 16. The molecule has 2 bridgehead atoms. The van der Waals surface area contributed by atoms with Crippen molar-refractivity contribution >= 4 is 65.0 Å². The van der Waals surface area contributed by atoms with Crippen LogP contribution in [0.25, 0.3) is 0 Å². The predicted octanol–water partition coefficient (Wildman–Crippen LogP) is 1.63. The van der Waals surface area contributed by atoms with E-state index >= 15 is 14.4 Å². The highest BCUT2D eigenvalue weighted by Crippen LogP contribution is 2.28. The lowest BCUT2D eigenvalue weighted by Gasteiger charge is -2.45. The number of amides is 11. The third-order valence-electron chi connectivity index (χ3n) is 17.1. The van der Waals surface area contributed by atoms with Crippen molar-refractivity contribution in [1.29, 1.82) is 0 Å². The van der Waals surface area contributed by atoms with Gasteiger partial charge in [0, 0.05) is 55.4 Å². The zero-order valence-electron chi connectivity index (χ0n) is 56.7. The third-order valence-corrected chi connectivity index (χ3v) is 17.1. The highest BCUT2D eigenvalue weighted by molar-refractivity contribution is 6.00. The Morgan fingerprint density at radius 2 is 1.11 bits per heavy atom. The number of ether oxygens (including phenoxy) is 1. The molecule has 2 saturated heterocycles. The van der Waals surface area contributed by atoms with Crippen LogP contribution in [0.15, 0.2) is 24.3 Å². The fraction of sp³-hybridized carbons (Fsp3) is 0.762. The van der Waals surface area contributed by atoms with E-state index in [2.05, 4.69) is 16.0 Å². The number of nitrogens with zero attached hydrogens (tertiary/aromatic N) is 8. The highest BCUT2D eigenvalue weighted by atomic mass is 16.5. The number of carbonyl (C=O) groups is 11. The van der Waals surface area contributed by atoms with Gasteiger partial charge in [-0.3, -0.25) is 52.7 Å². The number of nitrogens with one attached hydrogen (secondary N) is 3. The molecule has 5 N–H and O–H groups in total. The number of allylic oxidation sites excluding steroid dienone is 2. The summed E-state index contributed by atoms with van der Waals surface area (Å²) in [4.78, 5) is 173. The molecule has 2 heterocycles. The summed E-state index contributed by atoms with van der Waals surface area (Å²) >= 11 is 0. The van der Waals surface area contributed by atoms with Crippen LogP contribution in [0.4, 0.5) is 0 Å². The van der Waals surface area contributed by atoms with Crippen LogP contribution in [0.3, 0.4) is 0 Å². The minimum absolute atomic E-state index is 0.0237. The van der Waals surface area contributed by atoms with Crippen molar-refractivity contribution in [3.63, 3.8) is 0 Å². The molecule has 0 radical (unpaired) electrons. The molecule has 0 spiro atoms. The molecule has 0 aromatic carbocycles. The van der Waals surface area contributed by atoms with Gasteiger partial charge in [-0.25, -0.2) is 0 Å². The smallest absolute Gasteiger partial charge is 0.246 e. The van der Waals surface area contributed by atoms with Crippen LogP contribution >= 0.6 is 0 Å². The summed E-state index contributed by atoms with van der Waals surface area (Å²) in [6.07, 6.45) is 4.11. The maximum atomic E-state index is 15.5. The molecular weight excluding hydrogens is 1130 g/mol. The topological polar surface area (TPSA) is 299 Å². The first-order valence-electron chi connectivity index (χ1n) is 31.1. The monoisotopic (exact) mass is 1240 g/mol. The van der Waals surface area contributed by atoms with Gasteiger partial charge in [-0.05, 0) is 96.3 Å². The van der Waals surface area contributed by atoms with E-state index < -0.39 is 168 Å². The molecule has 0 saturated carbocycles. The number of likely N-dealkylation sites (N-methyl/N-ethyl adjacent to an activating group) is 7. The molecule has 2 aliphatic rings. The molecule has 500 valence electrons. The van der Waals surface area contributed by atoms with Crippen molar-refractivity contribution in [2.45, 2.75) is 215 Å². The number of aliphatic hydroxyl groups is 2. The lowest BCUT2D eigenvalue weighted by Crippen LogP contribution is -2.65. The first-order valence-corrected chi connectivity index (χ1v) is 31.1. The fourth-order valence-corrected chi connectivity index (χ4v) is 11.6. The molecule has 2 fully saturated rings. The quantitative estimate of drug-likeness (QED) is 0.137. The minimum atomic E-state index is -1.67. The zero-order valence-corrected chi connectivity index (χ0v) is 56.7. The average Bonchev–Trinajstić information content (AvgIpc) is 1.99. The fourth-order valence-electron chi connectivity index (χ4n) is 11.6. The summed E-state index contributed by atoms with van der Waals surface area (Å²) in [5.74, 6) is -10.3. The molecule has 1 unspecified atom stereocenters. The van der Waals surface area contributed by atoms with E-state index in [1.165, 1.54) is 107 Å². The highest BCUT2D eigenvalue weighted by Gasteiger charge is 2.48. The van der Waals surface area contributed by atoms with Gasteiger partial charge in [0.15, 0.2) is 0 Å². The molecule has 0 aromatic heterocycles. The molecule has 2 aliphatic heterocycles. The summed E-state index contributed by atoms with van der Waals surface area (Å²) in [5, 5.41) is 29.9. The van der Waals surface area contributed by atoms with Crippen molar-refractivity contribution < 1.29 is 67.7 Å². The van der Waals surface area contributed by atoms with Crippen LogP contribution in [0.5, 0.6) is 0 Å². The van der Waals surface area contributed by atoms with E-state index in [1.807, 2.05) is 27.7 Å². The molecule has 14 atom stereocenters. The molecule has 0 aliphatic carbocycles. The molecule has 25 nitrogen and oxygen atoms in total. The van der Waals surface area contributed by atoms with Crippen molar-refractivity contribution in [1.82, 2.24) is 55.1 Å². The molecule has 88 heavy (non-hydrogen) atoms. The van der Waals surface area contributed by atoms with Crippen molar-refractivity contribution in [2.75, 3.05) is 69.1 Å². The first-order chi connectivity index (χ1) is 40.9. The Hall–Kier alpha value is -6.47. The largest absolute Gasteiger partial charge is 0.392 e. The van der Waals surface area contributed by atoms with Gasteiger partial charge in [0.05, 0.1) is 32.0 Å². The van der Waals surface area contributed by atoms with Crippen molar-refractivity contribution in [3.05, 3.63) is 24.3 Å². The number of hydrogen-bond acceptors (Lipinski definition) is 14. The average molecular weight is 1240 g/mol. The van der Waals surface area contributed by atoms with Crippen LogP contribution in [-0.4, -0.2) is 262 Å². The Morgan fingerprint density at radius 1 is 0.568 bits per heavy atom. The molecular formula is C63H109N11O14. The normalized spacial score (nSPS) is 28.2. The summed E-state index contributed by atoms with van der Waals surface area (Å²) in [7, 11) is 9.65.